The van der Waals surface area contributed by atoms with Gasteiger partial charge in [0.05, 0.1) is 29.5 Å². The number of benzene rings is 2. The van der Waals surface area contributed by atoms with Crippen molar-refractivity contribution in [3.05, 3.63) is 75.5 Å². The quantitative estimate of drug-likeness (QED) is 0.488. The summed E-state index contributed by atoms with van der Waals surface area (Å²) < 4.78 is 7.05. The van der Waals surface area contributed by atoms with Crippen molar-refractivity contribution in [3.63, 3.8) is 0 Å². The molecule has 3 aromatic rings. The highest BCUT2D eigenvalue weighted by Crippen LogP contribution is 2.26. The smallest absolute Gasteiger partial charge is 0.272 e. The van der Waals surface area contributed by atoms with Crippen molar-refractivity contribution in [1.82, 2.24) is 14.7 Å². The Morgan fingerprint density at radius 1 is 1.07 bits per heavy atom. The Hall–Kier alpha value is -3.52. The minimum Gasteiger partial charge on any atom is -0.378 e. The number of rotatable bonds is 4. The number of ether oxygens (including phenoxy) is 1. The molecule has 30 heavy (non-hydrogen) atoms. The van der Waals surface area contributed by atoms with Gasteiger partial charge in [0.15, 0.2) is 0 Å². The van der Waals surface area contributed by atoms with Crippen LogP contribution in [-0.4, -0.2) is 51.8 Å². The van der Waals surface area contributed by atoms with Gasteiger partial charge in [-0.15, -0.1) is 0 Å². The Balaban J connectivity index is 1.81. The van der Waals surface area contributed by atoms with E-state index in [1.54, 1.807) is 27.8 Å². The summed E-state index contributed by atoms with van der Waals surface area (Å²) in [5, 5.41) is 15.7. The molecule has 2 aromatic carbocycles. The summed E-state index contributed by atoms with van der Waals surface area (Å²) in [6.07, 6.45) is 0. The van der Waals surface area contributed by atoms with E-state index in [4.69, 9.17) is 9.84 Å². The number of aromatic nitrogens is 2. The first-order chi connectivity index (χ1) is 14.4. The molecule has 0 spiro atoms. The number of hydrogen-bond donors (Lipinski definition) is 0. The van der Waals surface area contributed by atoms with Gasteiger partial charge in [-0.1, -0.05) is 12.1 Å². The van der Waals surface area contributed by atoms with Gasteiger partial charge in [0.1, 0.15) is 5.69 Å². The van der Waals surface area contributed by atoms with Crippen molar-refractivity contribution in [2.75, 3.05) is 26.3 Å². The van der Waals surface area contributed by atoms with Crippen LogP contribution in [-0.2, 0) is 4.74 Å². The van der Waals surface area contributed by atoms with Crippen molar-refractivity contribution < 1.29 is 14.5 Å². The number of amides is 1. The van der Waals surface area contributed by atoms with E-state index in [9.17, 15) is 14.9 Å². The molecule has 8 nitrogen and oxygen atoms in total. The Kier molecular flexibility index (Phi) is 5.33. The molecule has 0 aliphatic carbocycles. The standard InChI is InChI=1S/C22H22N4O4/c1-15-3-4-16(2)20(13-15)25-21(22(27)24-9-11-30-12-10-24)14-19(23-25)17-5-7-18(8-6-17)26(28)29/h3-8,13-14H,9-12H2,1-2H3. The normalized spacial score (nSPS) is 14.0. The van der Waals surface area contributed by atoms with Gasteiger partial charge < -0.3 is 9.64 Å². The van der Waals surface area contributed by atoms with Gasteiger partial charge in [-0.05, 0) is 49.2 Å². The molecule has 1 fully saturated rings. The number of nitrogens with zero attached hydrogens (tertiary/aromatic N) is 4. The zero-order valence-electron chi connectivity index (χ0n) is 16.9. The van der Waals surface area contributed by atoms with Crippen molar-refractivity contribution in [2.24, 2.45) is 0 Å². The van der Waals surface area contributed by atoms with Crippen molar-refractivity contribution >= 4 is 11.6 Å². The molecule has 0 saturated carbocycles. The SMILES string of the molecule is Cc1ccc(C)c(-n2nc(-c3ccc([N+](=O)[O-])cc3)cc2C(=O)N2CCOCC2)c1. The van der Waals surface area contributed by atoms with Gasteiger partial charge in [0.25, 0.3) is 11.6 Å². The molecule has 0 bridgehead atoms. The van der Waals surface area contributed by atoms with Crippen LogP contribution in [0.25, 0.3) is 16.9 Å². The topological polar surface area (TPSA) is 90.5 Å². The number of nitro groups is 1. The molecule has 2 heterocycles. The molecule has 1 saturated heterocycles. The molecule has 0 unspecified atom stereocenters. The summed E-state index contributed by atoms with van der Waals surface area (Å²) in [6.45, 7) is 6.06. The lowest BCUT2D eigenvalue weighted by atomic mass is 10.1. The molecular formula is C22H22N4O4. The van der Waals surface area contributed by atoms with Crippen LogP contribution >= 0.6 is 0 Å². The Morgan fingerprint density at radius 2 is 1.77 bits per heavy atom. The molecule has 1 aliphatic rings. The molecule has 0 radical (unpaired) electrons. The largest absolute Gasteiger partial charge is 0.378 e. The summed E-state index contributed by atoms with van der Waals surface area (Å²) in [5.74, 6) is -0.111. The van der Waals surface area contributed by atoms with Crippen molar-refractivity contribution in [3.8, 4) is 16.9 Å². The summed E-state index contributed by atoms with van der Waals surface area (Å²) in [5.41, 5.74) is 4.65. The van der Waals surface area contributed by atoms with Crippen LogP contribution in [0.15, 0.2) is 48.5 Å². The first-order valence-electron chi connectivity index (χ1n) is 9.73. The van der Waals surface area contributed by atoms with E-state index in [2.05, 4.69) is 0 Å². The number of nitro benzene ring substituents is 1. The van der Waals surface area contributed by atoms with Crippen molar-refractivity contribution in [2.45, 2.75) is 13.8 Å². The fraction of sp³-hybridized carbons (Fsp3) is 0.273. The highest BCUT2D eigenvalue weighted by atomic mass is 16.6. The van der Waals surface area contributed by atoms with Crippen LogP contribution in [0.5, 0.6) is 0 Å². The van der Waals surface area contributed by atoms with Gasteiger partial charge in [-0.2, -0.15) is 5.10 Å². The number of carbonyl (C=O) groups is 1. The number of non-ortho nitro benzene ring substituents is 1. The Labute approximate surface area is 173 Å². The maximum atomic E-state index is 13.3. The number of morpholine rings is 1. The summed E-state index contributed by atoms with van der Waals surface area (Å²) in [7, 11) is 0. The lowest BCUT2D eigenvalue weighted by Crippen LogP contribution is -2.41. The fourth-order valence-corrected chi connectivity index (χ4v) is 3.49. The predicted octanol–water partition coefficient (Wildman–Crippen LogP) is 3.54. The van der Waals surface area contributed by atoms with Crippen LogP contribution in [0.1, 0.15) is 21.6 Å². The zero-order valence-corrected chi connectivity index (χ0v) is 16.9. The zero-order chi connectivity index (χ0) is 21.3. The van der Waals surface area contributed by atoms with Gasteiger partial charge in [-0.3, -0.25) is 14.9 Å². The highest BCUT2D eigenvalue weighted by Gasteiger charge is 2.25. The van der Waals surface area contributed by atoms with Crippen LogP contribution in [0, 0.1) is 24.0 Å². The molecular weight excluding hydrogens is 384 g/mol. The Bertz CT molecular complexity index is 1100. The molecule has 1 aromatic heterocycles. The van der Waals surface area contributed by atoms with Crippen LogP contribution in [0.2, 0.25) is 0 Å². The second-order valence-electron chi connectivity index (χ2n) is 7.33. The fourth-order valence-electron chi connectivity index (χ4n) is 3.49. The van der Waals surface area contributed by atoms with Gasteiger partial charge in [-0.25, -0.2) is 4.68 Å². The number of carbonyl (C=O) groups excluding carboxylic acids is 1. The lowest BCUT2D eigenvalue weighted by Gasteiger charge is -2.27. The molecule has 4 rings (SSSR count). The van der Waals surface area contributed by atoms with Crippen LogP contribution in [0.3, 0.4) is 0 Å². The highest BCUT2D eigenvalue weighted by molar-refractivity contribution is 5.94. The Morgan fingerprint density at radius 3 is 2.43 bits per heavy atom. The third-order valence-electron chi connectivity index (χ3n) is 5.19. The molecule has 1 amide bonds. The number of aryl methyl sites for hydroxylation is 2. The van der Waals surface area contributed by atoms with Gasteiger partial charge in [0, 0.05) is 30.8 Å². The summed E-state index contributed by atoms with van der Waals surface area (Å²) >= 11 is 0. The van der Waals surface area contributed by atoms with E-state index < -0.39 is 4.92 Å². The third-order valence-corrected chi connectivity index (χ3v) is 5.19. The van der Waals surface area contributed by atoms with Gasteiger partial charge >= 0.3 is 0 Å². The average Bonchev–Trinajstić information content (AvgIpc) is 3.20. The second-order valence-corrected chi connectivity index (χ2v) is 7.33. The van der Waals surface area contributed by atoms with Crippen LogP contribution in [0.4, 0.5) is 5.69 Å². The molecule has 0 atom stereocenters. The van der Waals surface area contributed by atoms with E-state index in [1.807, 2.05) is 32.0 Å². The minimum absolute atomic E-state index is 0.0114. The van der Waals surface area contributed by atoms with Gasteiger partial charge in [0.2, 0.25) is 0 Å². The van der Waals surface area contributed by atoms with E-state index in [0.29, 0.717) is 43.3 Å². The van der Waals surface area contributed by atoms with E-state index >= 15 is 0 Å². The minimum atomic E-state index is -0.439. The van der Waals surface area contributed by atoms with Crippen molar-refractivity contribution in [1.29, 1.82) is 0 Å². The van der Waals surface area contributed by atoms with E-state index in [0.717, 1.165) is 16.8 Å². The van der Waals surface area contributed by atoms with E-state index in [1.165, 1.54) is 12.1 Å². The summed E-state index contributed by atoms with van der Waals surface area (Å²) in [4.78, 5) is 25.6. The maximum Gasteiger partial charge on any atom is 0.272 e. The predicted molar refractivity (Wildman–Crippen MR) is 112 cm³/mol. The third kappa shape index (κ3) is 3.81. The second kappa shape index (κ2) is 8.08. The first kappa shape index (κ1) is 19.8. The monoisotopic (exact) mass is 406 g/mol. The van der Waals surface area contributed by atoms with E-state index in [-0.39, 0.29) is 11.6 Å². The molecule has 0 N–H and O–H groups in total. The molecule has 1 aliphatic heterocycles. The maximum absolute atomic E-state index is 13.3. The van der Waals surface area contributed by atoms with Crippen LogP contribution < -0.4 is 0 Å². The molecule has 154 valence electrons. The molecule has 8 heteroatoms. The average molecular weight is 406 g/mol. The number of hydrogen-bond acceptors (Lipinski definition) is 5. The lowest BCUT2D eigenvalue weighted by molar-refractivity contribution is -0.384. The first-order valence-corrected chi connectivity index (χ1v) is 9.73. The summed E-state index contributed by atoms with van der Waals surface area (Å²) in [6, 6.07) is 13.9.